The second-order valence-electron chi connectivity index (χ2n) is 7.55. The summed E-state index contributed by atoms with van der Waals surface area (Å²) in [6.45, 7) is 8.60. The number of ether oxygens (including phenoxy) is 1. The van der Waals surface area contributed by atoms with Crippen molar-refractivity contribution in [1.82, 2.24) is 25.0 Å². The molecule has 140 valence electrons. The second kappa shape index (κ2) is 7.76. The maximum absolute atomic E-state index is 5.26. The number of methoxy groups -OCH3 is 1. The van der Waals surface area contributed by atoms with Crippen LogP contribution in [0.4, 0.5) is 0 Å². The molecule has 0 radical (unpaired) electrons. The Bertz CT molecular complexity index is 718. The third-order valence-electron chi connectivity index (χ3n) is 5.82. The van der Waals surface area contributed by atoms with Crippen LogP contribution in [0.1, 0.15) is 48.8 Å². The summed E-state index contributed by atoms with van der Waals surface area (Å²) < 4.78 is 7.60. The zero-order valence-electron chi connectivity index (χ0n) is 15.8. The van der Waals surface area contributed by atoms with Crippen LogP contribution in [-0.2, 0) is 13.1 Å². The molecule has 1 saturated heterocycles. The van der Waals surface area contributed by atoms with E-state index in [1.807, 2.05) is 0 Å². The van der Waals surface area contributed by atoms with E-state index in [0.29, 0.717) is 11.8 Å². The summed E-state index contributed by atoms with van der Waals surface area (Å²) in [5, 5.41) is 12.3. The molecule has 6 heteroatoms. The van der Waals surface area contributed by atoms with Gasteiger partial charge in [-0.05, 0) is 49.5 Å². The molecule has 2 aromatic rings. The zero-order valence-corrected chi connectivity index (χ0v) is 15.8. The Hall–Kier alpha value is -1.92. The first-order chi connectivity index (χ1) is 12.7. The van der Waals surface area contributed by atoms with E-state index in [1.54, 1.807) is 7.11 Å². The van der Waals surface area contributed by atoms with Gasteiger partial charge in [0.05, 0.1) is 13.7 Å². The van der Waals surface area contributed by atoms with Crippen molar-refractivity contribution in [3.63, 3.8) is 0 Å². The van der Waals surface area contributed by atoms with Crippen molar-refractivity contribution in [3.8, 4) is 5.75 Å². The molecule has 1 atom stereocenters. The summed E-state index contributed by atoms with van der Waals surface area (Å²) in [5.74, 6) is 4.33. The molecule has 4 rings (SSSR count). The molecule has 6 nitrogen and oxygen atoms in total. The molecule has 0 amide bonds. The fraction of sp³-hybridized carbons (Fsp3) is 0.600. The maximum Gasteiger partial charge on any atom is 0.147 e. The van der Waals surface area contributed by atoms with E-state index in [1.165, 1.54) is 24.2 Å². The van der Waals surface area contributed by atoms with Gasteiger partial charge in [0.1, 0.15) is 17.4 Å². The van der Waals surface area contributed by atoms with Crippen LogP contribution in [0, 0.1) is 0 Å². The lowest BCUT2D eigenvalue weighted by atomic mass is 9.94. The van der Waals surface area contributed by atoms with Crippen LogP contribution in [0.25, 0.3) is 0 Å². The molecule has 26 heavy (non-hydrogen) atoms. The predicted molar refractivity (Wildman–Crippen MR) is 102 cm³/mol. The number of rotatable bonds is 5. The van der Waals surface area contributed by atoms with E-state index in [0.717, 1.165) is 50.8 Å². The number of nitrogens with zero attached hydrogens (tertiary/aromatic N) is 4. The molecule has 0 bridgehead atoms. The van der Waals surface area contributed by atoms with Crippen LogP contribution < -0.4 is 10.1 Å². The van der Waals surface area contributed by atoms with Gasteiger partial charge in [-0.25, -0.2) is 0 Å². The number of likely N-dealkylation sites (tertiary alicyclic amines) is 1. The molecular formula is C20H29N5O. The lowest BCUT2D eigenvalue weighted by Gasteiger charge is -2.33. The molecule has 0 aliphatic carbocycles. The molecular weight excluding hydrogens is 326 g/mol. The summed E-state index contributed by atoms with van der Waals surface area (Å²) >= 11 is 0. The summed E-state index contributed by atoms with van der Waals surface area (Å²) in [4.78, 5) is 2.60. The summed E-state index contributed by atoms with van der Waals surface area (Å²) in [5.41, 5.74) is 1.38. The molecule has 1 unspecified atom stereocenters. The second-order valence-corrected chi connectivity index (χ2v) is 7.55. The first-order valence-corrected chi connectivity index (χ1v) is 9.73. The molecule has 2 aliphatic heterocycles. The van der Waals surface area contributed by atoms with Crippen molar-refractivity contribution < 1.29 is 4.74 Å². The van der Waals surface area contributed by atoms with Crippen LogP contribution in [0.5, 0.6) is 5.75 Å². The minimum atomic E-state index is 0.532. The monoisotopic (exact) mass is 355 g/mol. The van der Waals surface area contributed by atoms with Gasteiger partial charge >= 0.3 is 0 Å². The molecule has 1 fully saturated rings. The van der Waals surface area contributed by atoms with Gasteiger partial charge in [0.25, 0.3) is 0 Å². The Labute approximate surface area is 155 Å². The highest BCUT2D eigenvalue weighted by Gasteiger charge is 2.27. The van der Waals surface area contributed by atoms with Crippen molar-refractivity contribution >= 4 is 0 Å². The first-order valence-electron chi connectivity index (χ1n) is 9.73. The van der Waals surface area contributed by atoms with Crippen molar-refractivity contribution in [2.75, 3.05) is 33.3 Å². The van der Waals surface area contributed by atoms with Crippen LogP contribution in [0.3, 0.4) is 0 Å². The van der Waals surface area contributed by atoms with Crippen LogP contribution in [-0.4, -0.2) is 53.0 Å². The van der Waals surface area contributed by atoms with Gasteiger partial charge in [-0.15, -0.1) is 10.2 Å². The van der Waals surface area contributed by atoms with E-state index in [-0.39, 0.29) is 0 Å². The van der Waals surface area contributed by atoms with Gasteiger partial charge in [0.2, 0.25) is 0 Å². The Morgan fingerprint density at radius 1 is 1.15 bits per heavy atom. The average molecular weight is 355 g/mol. The summed E-state index contributed by atoms with van der Waals surface area (Å²) in [7, 11) is 1.71. The quantitative estimate of drug-likeness (QED) is 0.892. The van der Waals surface area contributed by atoms with Crippen molar-refractivity contribution in [2.24, 2.45) is 0 Å². The van der Waals surface area contributed by atoms with Gasteiger partial charge in [-0.2, -0.15) is 0 Å². The number of piperidine rings is 1. The van der Waals surface area contributed by atoms with E-state index in [9.17, 15) is 0 Å². The fourth-order valence-electron chi connectivity index (χ4n) is 4.22. The number of hydrogen-bond donors (Lipinski definition) is 1. The van der Waals surface area contributed by atoms with Gasteiger partial charge in [0, 0.05) is 25.6 Å². The average Bonchev–Trinajstić information content (AvgIpc) is 3.13. The molecule has 3 heterocycles. The highest BCUT2D eigenvalue weighted by atomic mass is 16.5. The molecule has 1 N–H and O–H groups in total. The number of hydrogen-bond acceptors (Lipinski definition) is 5. The Morgan fingerprint density at radius 3 is 2.65 bits per heavy atom. The molecule has 2 aliphatic rings. The topological polar surface area (TPSA) is 55.2 Å². The van der Waals surface area contributed by atoms with Crippen LogP contribution in [0.2, 0.25) is 0 Å². The Morgan fingerprint density at radius 2 is 1.92 bits per heavy atom. The SMILES string of the molecule is COc1ccc(C(C)CN2CCC(c3nnc4n3CCNC4)CC2)cc1. The van der Waals surface area contributed by atoms with Crippen molar-refractivity contribution in [3.05, 3.63) is 41.5 Å². The fourth-order valence-corrected chi connectivity index (χ4v) is 4.22. The highest BCUT2D eigenvalue weighted by Crippen LogP contribution is 2.29. The van der Waals surface area contributed by atoms with E-state index in [2.05, 4.69) is 56.2 Å². The summed E-state index contributed by atoms with van der Waals surface area (Å²) in [6, 6.07) is 8.49. The van der Waals surface area contributed by atoms with Gasteiger partial charge in [0.15, 0.2) is 0 Å². The van der Waals surface area contributed by atoms with E-state index >= 15 is 0 Å². The van der Waals surface area contributed by atoms with Gasteiger partial charge in [-0.1, -0.05) is 19.1 Å². The minimum Gasteiger partial charge on any atom is -0.497 e. The number of aromatic nitrogens is 3. The first kappa shape index (κ1) is 17.5. The predicted octanol–water partition coefficient (Wildman–Crippen LogP) is 2.37. The zero-order chi connectivity index (χ0) is 17.9. The van der Waals surface area contributed by atoms with Crippen LogP contribution in [0.15, 0.2) is 24.3 Å². The van der Waals surface area contributed by atoms with Gasteiger partial charge in [-0.3, -0.25) is 0 Å². The van der Waals surface area contributed by atoms with E-state index in [4.69, 9.17) is 4.74 Å². The lowest BCUT2D eigenvalue weighted by Crippen LogP contribution is -2.37. The molecule has 0 spiro atoms. The maximum atomic E-state index is 5.26. The Kier molecular flexibility index (Phi) is 5.22. The largest absolute Gasteiger partial charge is 0.497 e. The van der Waals surface area contributed by atoms with E-state index < -0.39 is 0 Å². The number of nitrogens with one attached hydrogen (secondary N) is 1. The highest BCUT2D eigenvalue weighted by molar-refractivity contribution is 5.29. The van der Waals surface area contributed by atoms with Crippen molar-refractivity contribution in [2.45, 2.75) is 44.7 Å². The van der Waals surface area contributed by atoms with Crippen LogP contribution >= 0.6 is 0 Å². The molecule has 0 saturated carbocycles. The normalized spacial score (nSPS) is 19.9. The Balaban J connectivity index is 1.32. The number of fused-ring (bicyclic) bond motifs is 1. The third kappa shape index (κ3) is 3.62. The molecule has 1 aromatic heterocycles. The lowest BCUT2D eigenvalue weighted by molar-refractivity contribution is 0.198. The van der Waals surface area contributed by atoms with Crippen molar-refractivity contribution in [1.29, 1.82) is 0 Å². The third-order valence-corrected chi connectivity index (χ3v) is 5.82. The smallest absolute Gasteiger partial charge is 0.147 e. The summed E-state index contributed by atoms with van der Waals surface area (Å²) in [6.07, 6.45) is 2.36. The molecule has 1 aromatic carbocycles. The van der Waals surface area contributed by atoms with Gasteiger partial charge < -0.3 is 19.5 Å². The standard InChI is InChI=1S/C20H29N5O/c1-15(16-3-5-18(26-2)6-4-16)14-24-10-7-17(8-11-24)20-23-22-19-13-21-9-12-25(19)20/h3-6,15,17,21H,7-14H2,1-2H3. The minimum absolute atomic E-state index is 0.532. The number of benzene rings is 1.